The van der Waals surface area contributed by atoms with Gasteiger partial charge in [-0.25, -0.2) is 4.79 Å². The van der Waals surface area contributed by atoms with E-state index in [4.69, 9.17) is 33.0 Å². The van der Waals surface area contributed by atoms with E-state index in [1.54, 1.807) is 18.2 Å². The fraction of sp³-hybridized carbons (Fsp3) is 0.100. The van der Waals surface area contributed by atoms with Crippen LogP contribution in [0, 0.1) is 0 Å². The first-order valence-electron chi connectivity index (χ1n) is 4.05. The van der Waals surface area contributed by atoms with E-state index in [9.17, 15) is 4.79 Å². The normalized spacial score (nSPS) is 11.2. The van der Waals surface area contributed by atoms with Crippen LogP contribution in [0.25, 0.3) is 0 Å². The number of carboxylic acids is 1. The van der Waals surface area contributed by atoms with E-state index in [0.29, 0.717) is 5.03 Å². The molecule has 1 rings (SSSR count). The Hall–Kier alpha value is -1.19. The summed E-state index contributed by atoms with van der Waals surface area (Å²) in [5.41, 5.74) is 1.27. The Bertz CT molecular complexity index is 388. The van der Waals surface area contributed by atoms with Crippen molar-refractivity contribution in [3.8, 4) is 5.75 Å². The predicted molar refractivity (Wildman–Crippen MR) is 58.7 cm³/mol. The van der Waals surface area contributed by atoms with Crippen LogP contribution in [0.1, 0.15) is 10.4 Å². The number of hydrogen-bond donors (Lipinski definition) is 1. The molecule has 0 aromatic heterocycles. The minimum absolute atomic E-state index is 0.0509. The lowest BCUT2D eigenvalue weighted by molar-refractivity contribution is 0.0693. The van der Waals surface area contributed by atoms with Crippen molar-refractivity contribution in [3.05, 3.63) is 40.4 Å². The van der Waals surface area contributed by atoms with Crippen LogP contribution >= 0.6 is 23.2 Å². The van der Waals surface area contributed by atoms with E-state index in [1.165, 1.54) is 11.6 Å². The fourth-order valence-corrected chi connectivity index (χ4v) is 1.06. The van der Waals surface area contributed by atoms with Crippen molar-refractivity contribution in [1.82, 2.24) is 0 Å². The molecule has 0 radical (unpaired) electrons. The highest BCUT2D eigenvalue weighted by Gasteiger charge is 2.09. The van der Waals surface area contributed by atoms with Crippen LogP contribution in [-0.2, 0) is 0 Å². The molecule has 0 aliphatic heterocycles. The SMILES string of the molecule is O=C(O)c1ccccc1OC/C(Cl)=C/Cl. The molecule has 80 valence electrons. The zero-order chi connectivity index (χ0) is 11.3. The monoisotopic (exact) mass is 246 g/mol. The van der Waals surface area contributed by atoms with Gasteiger partial charge in [0.2, 0.25) is 0 Å². The second kappa shape index (κ2) is 5.63. The second-order valence-corrected chi connectivity index (χ2v) is 3.35. The summed E-state index contributed by atoms with van der Waals surface area (Å²) in [6, 6.07) is 6.31. The Morgan fingerprint density at radius 3 is 2.73 bits per heavy atom. The van der Waals surface area contributed by atoms with Crippen LogP contribution in [0.4, 0.5) is 0 Å². The fourth-order valence-electron chi connectivity index (χ4n) is 0.947. The van der Waals surface area contributed by atoms with Gasteiger partial charge in [-0.15, -0.1) is 0 Å². The molecular weight excluding hydrogens is 239 g/mol. The van der Waals surface area contributed by atoms with Crippen molar-refractivity contribution in [1.29, 1.82) is 0 Å². The maximum atomic E-state index is 10.8. The van der Waals surface area contributed by atoms with Gasteiger partial charge < -0.3 is 9.84 Å². The number of carboxylic acid groups (broad SMARTS) is 1. The first-order valence-corrected chi connectivity index (χ1v) is 4.86. The van der Waals surface area contributed by atoms with Crippen LogP contribution in [-0.4, -0.2) is 17.7 Å². The van der Waals surface area contributed by atoms with Gasteiger partial charge in [0.15, 0.2) is 0 Å². The molecule has 0 aliphatic rings. The van der Waals surface area contributed by atoms with E-state index in [0.717, 1.165) is 0 Å². The molecule has 0 spiro atoms. The summed E-state index contributed by atoms with van der Waals surface area (Å²) in [5.74, 6) is -0.779. The molecule has 15 heavy (non-hydrogen) atoms. The highest BCUT2D eigenvalue weighted by Crippen LogP contribution is 2.19. The first-order chi connectivity index (χ1) is 7.15. The summed E-state index contributed by atoms with van der Waals surface area (Å²) >= 11 is 10.9. The quantitative estimate of drug-likeness (QED) is 0.889. The molecular formula is C10H8Cl2O3. The standard InChI is InChI=1S/C10H8Cl2O3/c11-5-7(12)6-15-9-4-2-1-3-8(9)10(13)14/h1-5H,6H2,(H,13,14)/b7-5-. The Morgan fingerprint density at radius 1 is 1.47 bits per heavy atom. The number of hydrogen-bond acceptors (Lipinski definition) is 2. The highest BCUT2D eigenvalue weighted by atomic mass is 35.5. The van der Waals surface area contributed by atoms with Gasteiger partial charge in [0.05, 0.1) is 5.03 Å². The van der Waals surface area contributed by atoms with Crippen LogP contribution in [0.3, 0.4) is 0 Å². The average Bonchev–Trinajstić information content (AvgIpc) is 2.26. The maximum absolute atomic E-state index is 10.8. The van der Waals surface area contributed by atoms with Crippen molar-refractivity contribution in [3.63, 3.8) is 0 Å². The molecule has 1 aromatic carbocycles. The van der Waals surface area contributed by atoms with E-state index in [-0.39, 0.29) is 17.9 Å². The molecule has 0 unspecified atom stereocenters. The first kappa shape index (κ1) is 11.9. The van der Waals surface area contributed by atoms with E-state index in [2.05, 4.69) is 0 Å². The molecule has 1 aromatic rings. The topological polar surface area (TPSA) is 46.5 Å². The van der Waals surface area contributed by atoms with Gasteiger partial charge in [0, 0.05) is 5.54 Å². The summed E-state index contributed by atoms with van der Waals surface area (Å²) in [7, 11) is 0. The van der Waals surface area contributed by atoms with Crippen LogP contribution < -0.4 is 4.74 Å². The van der Waals surface area contributed by atoms with Gasteiger partial charge in [-0.1, -0.05) is 35.3 Å². The smallest absolute Gasteiger partial charge is 0.339 e. The number of halogens is 2. The summed E-state index contributed by atoms with van der Waals surface area (Å²) in [6.07, 6.45) is 0. The van der Waals surface area contributed by atoms with Gasteiger partial charge in [-0.05, 0) is 12.1 Å². The third kappa shape index (κ3) is 3.46. The largest absolute Gasteiger partial charge is 0.487 e. The lowest BCUT2D eigenvalue weighted by atomic mass is 10.2. The molecule has 0 aliphatic carbocycles. The highest BCUT2D eigenvalue weighted by molar-refractivity contribution is 6.36. The van der Waals surface area contributed by atoms with Gasteiger partial charge in [0.1, 0.15) is 17.9 Å². The molecule has 3 nitrogen and oxygen atoms in total. The number of carbonyl (C=O) groups is 1. The summed E-state index contributed by atoms with van der Waals surface area (Å²) in [6.45, 7) is 0.0509. The molecule has 0 heterocycles. The molecule has 0 saturated heterocycles. The number of ether oxygens (including phenoxy) is 1. The molecule has 0 fully saturated rings. The lowest BCUT2D eigenvalue weighted by Crippen LogP contribution is -2.04. The van der Waals surface area contributed by atoms with Gasteiger partial charge in [-0.3, -0.25) is 0 Å². The third-order valence-corrected chi connectivity index (χ3v) is 2.19. The number of para-hydroxylation sites is 1. The number of aromatic carboxylic acids is 1. The third-order valence-electron chi connectivity index (χ3n) is 1.60. The van der Waals surface area contributed by atoms with E-state index in [1.807, 2.05) is 0 Å². The van der Waals surface area contributed by atoms with Crippen molar-refractivity contribution < 1.29 is 14.6 Å². The van der Waals surface area contributed by atoms with Gasteiger partial charge in [0.25, 0.3) is 0 Å². The second-order valence-electron chi connectivity index (χ2n) is 2.65. The zero-order valence-corrected chi connectivity index (χ0v) is 9.13. The predicted octanol–water partition coefficient (Wildman–Crippen LogP) is 3.08. The molecule has 0 bridgehead atoms. The van der Waals surface area contributed by atoms with Crippen molar-refractivity contribution >= 4 is 29.2 Å². The Balaban J connectivity index is 2.80. The van der Waals surface area contributed by atoms with Gasteiger partial charge in [-0.2, -0.15) is 0 Å². The Kier molecular flexibility index (Phi) is 4.46. The van der Waals surface area contributed by atoms with Crippen molar-refractivity contribution in [2.75, 3.05) is 6.61 Å². The van der Waals surface area contributed by atoms with Crippen molar-refractivity contribution in [2.24, 2.45) is 0 Å². The molecule has 0 atom stereocenters. The molecule has 5 heteroatoms. The summed E-state index contributed by atoms with van der Waals surface area (Å²) in [4.78, 5) is 10.8. The Labute approximate surface area is 96.9 Å². The summed E-state index contributed by atoms with van der Waals surface area (Å²) in [5, 5.41) is 9.14. The number of rotatable bonds is 4. The van der Waals surface area contributed by atoms with Crippen LogP contribution in [0.15, 0.2) is 34.8 Å². The molecule has 0 amide bonds. The lowest BCUT2D eigenvalue weighted by Gasteiger charge is -2.07. The van der Waals surface area contributed by atoms with Crippen LogP contribution in [0.2, 0.25) is 0 Å². The average molecular weight is 247 g/mol. The molecule has 1 N–H and O–H groups in total. The molecule has 0 saturated carbocycles. The Morgan fingerprint density at radius 2 is 2.13 bits per heavy atom. The van der Waals surface area contributed by atoms with Gasteiger partial charge >= 0.3 is 5.97 Å². The van der Waals surface area contributed by atoms with Crippen molar-refractivity contribution in [2.45, 2.75) is 0 Å². The number of benzene rings is 1. The van der Waals surface area contributed by atoms with E-state index >= 15 is 0 Å². The van der Waals surface area contributed by atoms with Crippen LogP contribution in [0.5, 0.6) is 5.75 Å². The maximum Gasteiger partial charge on any atom is 0.339 e. The minimum atomic E-state index is -1.04. The van der Waals surface area contributed by atoms with E-state index < -0.39 is 5.97 Å². The zero-order valence-electron chi connectivity index (χ0n) is 7.61. The summed E-state index contributed by atoms with van der Waals surface area (Å²) < 4.78 is 5.19. The minimum Gasteiger partial charge on any atom is -0.487 e.